The third-order valence-corrected chi connectivity index (χ3v) is 13.8. The summed E-state index contributed by atoms with van der Waals surface area (Å²) in [6, 6.07) is 11.6. The summed E-state index contributed by atoms with van der Waals surface area (Å²) in [5, 5.41) is 0. The maximum absolute atomic E-state index is 14.6. The van der Waals surface area contributed by atoms with Gasteiger partial charge in [0.1, 0.15) is 11.9 Å². The SMILES string of the molecule is CC12CC3(C)[C@H]4CC[C@](CS(=O)N(C5CCCCC5)C5CCCCC5)([C@@H]1Oc1ccccc1)[C@]423. The molecule has 1 spiro atoms. The maximum atomic E-state index is 14.6. The molecule has 1 aromatic carbocycles. The highest BCUT2D eigenvalue weighted by Crippen LogP contribution is 3.05. The van der Waals surface area contributed by atoms with Crippen molar-refractivity contribution in [3.63, 3.8) is 0 Å². The molecule has 0 amide bonds. The molecule has 6 aliphatic rings. The Balaban J connectivity index is 1.21. The first-order valence-electron chi connectivity index (χ1n) is 14.4. The van der Waals surface area contributed by atoms with E-state index in [9.17, 15) is 4.21 Å². The van der Waals surface area contributed by atoms with Gasteiger partial charge < -0.3 is 4.74 Å². The Morgan fingerprint density at radius 2 is 1.50 bits per heavy atom. The van der Waals surface area contributed by atoms with Gasteiger partial charge in [0.05, 0.1) is 11.0 Å². The zero-order valence-electron chi connectivity index (χ0n) is 21.3. The van der Waals surface area contributed by atoms with Crippen molar-refractivity contribution >= 4 is 11.0 Å². The standard InChI is InChI=1S/C30H43NO2S/c1-27-20-28(2)26(33-24-16-10-5-11-17-24)29(19-18-25(27)30(27,28)29)21-34(32)31(22-12-6-3-7-13-22)23-14-8-4-9-15-23/h5,10-11,16-17,22-23,25-26H,3-4,6-9,12-15,18-21H2,1-2H3/t25-,26-,27?,28?,29+,30+,34?/m1/s1. The maximum Gasteiger partial charge on any atom is 0.119 e. The smallest absolute Gasteiger partial charge is 0.119 e. The van der Waals surface area contributed by atoms with Gasteiger partial charge >= 0.3 is 0 Å². The lowest BCUT2D eigenvalue weighted by Crippen LogP contribution is -2.79. The molecular formula is C30H43NO2S. The third-order valence-electron chi connectivity index (χ3n) is 12.0. The second kappa shape index (κ2) is 7.57. The molecule has 3 unspecified atom stereocenters. The summed E-state index contributed by atoms with van der Waals surface area (Å²) < 4.78 is 24.0. The molecule has 0 N–H and O–H groups in total. The fourth-order valence-corrected chi connectivity index (χ4v) is 13.6. The highest BCUT2D eigenvalue weighted by atomic mass is 32.2. The highest BCUT2D eigenvalue weighted by molar-refractivity contribution is 7.82. The van der Waals surface area contributed by atoms with Crippen LogP contribution in [0.2, 0.25) is 0 Å². The second-order valence-electron chi connectivity index (χ2n) is 13.3. The van der Waals surface area contributed by atoms with Crippen LogP contribution >= 0.6 is 0 Å². The molecule has 3 nitrogen and oxygen atoms in total. The number of ether oxygens (including phenoxy) is 1. The van der Waals surface area contributed by atoms with Gasteiger partial charge in [-0.2, -0.15) is 0 Å². The number of nitrogens with zero attached hydrogens (tertiary/aromatic N) is 1. The molecule has 6 aliphatic carbocycles. The lowest BCUT2D eigenvalue weighted by Gasteiger charge is -2.75. The van der Waals surface area contributed by atoms with Gasteiger partial charge in [-0.1, -0.05) is 70.6 Å². The molecule has 0 radical (unpaired) electrons. The molecule has 0 bridgehead atoms. The van der Waals surface area contributed by atoms with Crippen LogP contribution in [0.15, 0.2) is 30.3 Å². The monoisotopic (exact) mass is 481 g/mol. The predicted octanol–water partition coefficient (Wildman–Crippen LogP) is 6.89. The Kier molecular flexibility index (Phi) is 4.97. The second-order valence-corrected chi connectivity index (χ2v) is 14.6. The lowest BCUT2D eigenvalue weighted by molar-refractivity contribution is -0.302. The van der Waals surface area contributed by atoms with Gasteiger partial charge in [0.25, 0.3) is 0 Å². The predicted molar refractivity (Wildman–Crippen MR) is 138 cm³/mol. The fraction of sp³-hybridized carbons (Fsp3) is 0.800. The summed E-state index contributed by atoms with van der Waals surface area (Å²) in [6.45, 7) is 5.06. The van der Waals surface area contributed by atoms with Crippen molar-refractivity contribution in [1.29, 1.82) is 0 Å². The van der Waals surface area contributed by atoms with Gasteiger partial charge in [-0.05, 0) is 73.8 Å². The average molecular weight is 482 g/mol. The topological polar surface area (TPSA) is 29.5 Å². The highest BCUT2D eigenvalue weighted by Gasteiger charge is 3.04. The van der Waals surface area contributed by atoms with E-state index in [1.165, 1.54) is 83.5 Å². The summed E-state index contributed by atoms with van der Waals surface area (Å²) >= 11 is 0. The summed E-state index contributed by atoms with van der Waals surface area (Å²) in [6.07, 6.45) is 17.1. The van der Waals surface area contributed by atoms with Crippen LogP contribution in [0.5, 0.6) is 5.75 Å². The van der Waals surface area contributed by atoms with Gasteiger partial charge in [0.15, 0.2) is 0 Å². The quantitative estimate of drug-likeness (QED) is 0.424. The molecule has 0 aromatic heterocycles. The summed E-state index contributed by atoms with van der Waals surface area (Å²) in [4.78, 5) is 0. The van der Waals surface area contributed by atoms with Gasteiger partial charge in [-0.3, -0.25) is 0 Å². The minimum atomic E-state index is -0.907. The molecule has 186 valence electrons. The Morgan fingerprint density at radius 1 is 0.882 bits per heavy atom. The van der Waals surface area contributed by atoms with Crippen molar-refractivity contribution in [2.75, 3.05) is 5.75 Å². The Labute approximate surface area is 209 Å². The summed E-state index contributed by atoms with van der Waals surface area (Å²) in [7, 11) is -0.907. The van der Waals surface area contributed by atoms with E-state index < -0.39 is 11.0 Å². The Hall–Kier alpha value is -0.870. The third kappa shape index (κ3) is 2.56. The first kappa shape index (κ1) is 22.3. The Bertz CT molecular complexity index is 953. The van der Waals surface area contributed by atoms with Crippen LogP contribution in [0.4, 0.5) is 0 Å². The normalized spacial score (nSPS) is 46.2. The fourth-order valence-electron chi connectivity index (χ4n) is 11.4. The zero-order valence-corrected chi connectivity index (χ0v) is 22.1. The van der Waals surface area contributed by atoms with Crippen LogP contribution in [0.25, 0.3) is 0 Å². The van der Waals surface area contributed by atoms with Crippen molar-refractivity contribution in [1.82, 2.24) is 4.31 Å². The van der Waals surface area contributed by atoms with E-state index in [-0.39, 0.29) is 16.9 Å². The van der Waals surface area contributed by atoms with Crippen LogP contribution < -0.4 is 4.74 Å². The molecular weight excluding hydrogens is 438 g/mol. The minimum absolute atomic E-state index is 0.0989. The number of rotatable bonds is 7. The molecule has 4 heteroatoms. The first-order chi connectivity index (χ1) is 16.5. The molecule has 0 saturated heterocycles. The summed E-state index contributed by atoms with van der Waals surface area (Å²) in [5.41, 5.74) is 1.25. The molecule has 34 heavy (non-hydrogen) atoms. The average Bonchev–Trinajstić information content (AvgIpc) is 3.16. The molecule has 7 rings (SSSR count). The van der Waals surface area contributed by atoms with E-state index in [0.717, 1.165) is 17.4 Å². The number of benzene rings is 1. The molecule has 0 heterocycles. The van der Waals surface area contributed by atoms with Gasteiger partial charge in [0.2, 0.25) is 0 Å². The van der Waals surface area contributed by atoms with Crippen molar-refractivity contribution < 1.29 is 8.95 Å². The molecule has 7 atom stereocenters. The van der Waals surface area contributed by atoms with E-state index in [2.05, 4.69) is 48.5 Å². The summed E-state index contributed by atoms with van der Waals surface area (Å²) in [5.74, 6) is 2.69. The molecule has 0 aliphatic heterocycles. The van der Waals surface area contributed by atoms with E-state index in [1.54, 1.807) is 0 Å². The van der Waals surface area contributed by atoms with Crippen molar-refractivity contribution in [2.45, 2.75) is 116 Å². The van der Waals surface area contributed by atoms with Crippen LogP contribution in [0.1, 0.15) is 97.3 Å². The van der Waals surface area contributed by atoms with Crippen molar-refractivity contribution in [3.05, 3.63) is 30.3 Å². The van der Waals surface area contributed by atoms with E-state index in [1.807, 2.05) is 0 Å². The minimum Gasteiger partial charge on any atom is -0.489 e. The van der Waals surface area contributed by atoms with Crippen molar-refractivity contribution in [2.24, 2.45) is 27.6 Å². The number of para-hydroxylation sites is 1. The van der Waals surface area contributed by atoms with Crippen LogP contribution in [0.3, 0.4) is 0 Å². The number of hydrogen-bond acceptors (Lipinski definition) is 2. The Morgan fingerprint density at radius 3 is 2.09 bits per heavy atom. The molecule has 1 aromatic rings. The zero-order chi connectivity index (χ0) is 23.2. The molecule has 6 fully saturated rings. The van der Waals surface area contributed by atoms with Gasteiger partial charge in [0, 0.05) is 28.7 Å². The van der Waals surface area contributed by atoms with Crippen LogP contribution in [-0.2, 0) is 11.0 Å². The first-order valence-corrected chi connectivity index (χ1v) is 15.6. The van der Waals surface area contributed by atoms with Crippen LogP contribution in [-0.4, -0.2) is 32.5 Å². The molecule has 6 saturated carbocycles. The van der Waals surface area contributed by atoms with E-state index >= 15 is 0 Å². The van der Waals surface area contributed by atoms with Crippen molar-refractivity contribution in [3.8, 4) is 5.75 Å². The van der Waals surface area contributed by atoms with Crippen LogP contribution in [0, 0.1) is 27.6 Å². The number of fused-ring (bicyclic) bond motifs is 1. The largest absolute Gasteiger partial charge is 0.489 e. The van der Waals surface area contributed by atoms with E-state index in [4.69, 9.17) is 4.74 Å². The van der Waals surface area contributed by atoms with E-state index in [0.29, 0.717) is 22.9 Å². The lowest BCUT2D eigenvalue weighted by atomic mass is 9.31. The van der Waals surface area contributed by atoms with Gasteiger partial charge in [-0.15, -0.1) is 0 Å². The number of hydrogen-bond donors (Lipinski definition) is 0. The van der Waals surface area contributed by atoms with Gasteiger partial charge in [-0.25, -0.2) is 8.51 Å².